The summed E-state index contributed by atoms with van der Waals surface area (Å²) in [6, 6.07) is 6.69. The molecule has 1 aromatic rings. The zero-order valence-corrected chi connectivity index (χ0v) is 13.2. The molecule has 7 nitrogen and oxygen atoms in total. The Balaban J connectivity index is 2.34. The molecule has 0 heterocycles. The van der Waals surface area contributed by atoms with Gasteiger partial charge in [0.2, 0.25) is 5.91 Å². The van der Waals surface area contributed by atoms with Gasteiger partial charge in [-0.2, -0.15) is 0 Å². The maximum atomic E-state index is 11.9. The molecular formula is C16H21NO6. The van der Waals surface area contributed by atoms with E-state index >= 15 is 0 Å². The number of Topliss-reactive ketones (excluding diaryl/α,β-unsaturated/α-hetero) is 1. The van der Waals surface area contributed by atoms with Gasteiger partial charge in [0.05, 0.1) is 13.7 Å². The number of carboxylic acids is 1. The van der Waals surface area contributed by atoms with Crippen LogP contribution in [-0.2, 0) is 9.59 Å². The van der Waals surface area contributed by atoms with Crippen LogP contribution in [0.1, 0.15) is 36.5 Å². The van der Waals surface area contributed by atoms with Crippen LogP contribution in [0.25, 0.3) is 0 Å². The van der Waals surface area contributed by atoms with E-state index < -0.39 is 17.5 Å². The number of nitrogens with one attached hydrogen (secondary N) is 1. The summed E-state index contributed by atoms with van der Waals surface area (Å²) in [6.45, 7) is 0.719. The smallest absolute Gasteiger partial charge is 0.337 e. The fourth-order valence-electron chi connectivity index (χ4n) is 1.77. The second kappa shape index (κ2) is 8.28. The Hall–Kier alpha value is -2.41. The Morgan fingerprint density at radius 1 is 1.17 bits per heavy atom. The minimum Gasteiger partial charge on any atom is -0.497 e. The third kappa shape index (κ3) is 6.07. The van der Waals surface area contributed by atoms with Crippen LogP contribution < -0.4 is 10.1 Å². The third-order valence-electron chi connectivity index (χ3n) is 3.31. The first kappa shape index (κ1) is 18.6. The molecule has 0 aromatic heterocycles. The van der Waals surface area contributed by atoms with E-state index in [0.29, 0.717) is 17.7 Å². The van der Waals surface area contributed by atoms with Gasteiger partial charge in [0.1, 0.15) is 5.75 Å². The highest BCUT2D eigenvalue weighted by molar-refractivity contribution is 5.96. The lowest BCUT2D eigenvalue weighted by Crippen LogP contribution is -2.46. The molecule has 0 fully saturated rings. The number of aliphatic carboxylic acids is 1. The average Bonchev–Trinajstić information content (AvgIpc) is 2.52. The Bertz CT molecular complexity index is 564. The van der Waals surface area contributed by atoms with Crippen molar-refractivity contribution in [3.63, 3.8) is 0 Å². The SMILES string of the molecule is COc1ccc(C(=O)CCCC(=O)NCC(C)(O)C(=O)O)cc1. The Morgan fingerprint density at radius 3 is 2.30 bits per heavy atom. The quantitative estimate of drug-likeness (QED) is 0.584. The van der Waals surface area contributed by atoms with Gasteiger partial charge in [0.25, 0.3) is 0 Å². The lowest BCUT2D eigenvalue weighted by molar-refractivity contribution is -0.156. The summed E-state index contributed by atoms with van der Waals surface area (Å²) in [7, 11) is 1.54. The Labute approximate surface area is 134 Å². The van der Waals surface area contributed by atoms with Crippen molar-refractivity contribution in [3.8, 4) is 5.75 Å². The number of carbonyl (C=O) groups excluding carboxylic acids is 2. The second-order valence-electron chi connectivity index (χ2n) is 5.36. The van der Waals surface area contributed by atoms with Crippen molar-refractivity contribution >= 4 is 17.7 Å². The van der Waals surface area contributed by atoms with Gasteiger partial charge in [0.15, 0.2) is 11.4 Å². The molecule has 23 heavy (non-hydrogen) atoms. The molecule has 1 amide bonds. The van der Waals surface area contributed by atoms with E-state index in [1.54, 1.807) is 24.3 Å². The summed E-state index contributed by atoms with van der Waals surface area (Å²) in [5.41, 5.74) is -1.46. The summed E-state index contributed by atoms with van der Waals surface area (Å²) in [5, 5.41) is 20.5. The van der Waals surface area contributed by atoms with Gasteiger partial charge in [-0.3, -0.25) is 9.59 Å². The summed E-state index contributed by atoms with van der Waals surface area (Å²) in [5.74, 6) is -1.24. The van der Waals surface area contributed by atoms with Gasteiger partial charge in [-0.1, -0.05) is 0 Å². The van der Waals surface area contributed by atoms with Crippen LogP contribution >= 0.6 is 0 Å². The molecule has 0 aliphatic heterocycles. The first-order chi connectivity index (χ1) is 10.8. The van der Waals surface area contributed by atoms with Crippen LogP contribution in [0.15, 0.2) is 24.3 Å². The zero-order valence-electron chi connectivity index (χ0n) is 13.2. The van der Waals surface area contributed by atoms with E-state index in [1.807, 2.05) is 0 Å². The number of carbonyl (C=O) groups is 3. The van der Waals surface area contributed by atoms with Crippen LogP contribution in [0.4, 0.5) is 0 Å². The lowest BCUT2D eigenvalue weighted by atomic mass is 10.0. The molecule has 1 unspecified atom stereocenters. The van der Waals surface area contributed by atoms with Gasteiger partial charge < -0.3 is 20.3 Å². The molecule has 1 rings (SSSR count). The minimum absolute atomic E-state index is 0.0809. The summed E-state index contributed by atoms with van der Waals surface area (Å²) in [6.07, 6.45) is 0.624. The number of hydrogen-bond acceptors (Lipinski definition) is 5. The van der Waals surface area contributed by atoms with Gasteiger partial charge in [-0.15, -0.1) is 0 Å². The topological polar surface area (TPSA) is 113 Å². The number of aliphatic hydroxyl groups is 1. The molecule has 0 aliphatic rings. The van der Waals surface area contributed by atoms with Crippen molar-refractivity contribution in [2.45, 2.75) is 31.8 Å². The van der Waals surface area contributed by atoms with Gasteiger partial charge in [-0.25, -0.2) is 4.79 Å². The van der Waals surface area contributed by atoms with E-state index in [-0.39, 0.29) is 25.2 Å². The van der Waals surface area contributed by atoms with Gasteiger partial charge in [-0.05, 0) is 37.6 Å². The van der Waals surface area contributed by atoms with Crippen molar-refractivity contribution in [1.29, 1.82) is 0 Å². The molecule has 0 bridgehead atoms. The molecule has 0 radical (unpaired) electrons. The van der Waals surface area contributed by atoms with Crippen LogP contribution in [0, 0.1) is 0 Å². The second-order valence-corrected chi connectivity index (χ2v) is 5.36. The number of amides is 1. The fourth-order valence-corrected chi connectivity index (χ4v) is 1.77. The van der Waals surface area contributed by atoms with Crippen LogP contribution in [0.2, 0.25) is 0 Å². The average molecular weight is 323 g/mol. The molecule has 1 aromatic carbocycles. The van der Waals surface area contributed by atoms with Crippen molar-refractivity contribution in [1.82, 2.24) is 5.32 Å². The minimum atomic E-state index is -2.01. The number of benzene rings is 1. The fraction of sp³-hybridized carbons (Fsp3) is 0.438. The van der Waals surface area contributed by atoms with E-state index in [0.717, 1.165) is 6.92 Å². The van der Waals surface area contributed by atoms with Crippen LogP contribution in [0.5, 0.6) is 5.75 Å². The largest absolute Gasteiger partial charge is 0.497 e. The predicted octanol–water partition coefficient (Wildman–Crippen LogP) is 1.000. The van der Waals surface area contributed by atoms with Crippen molar-refractivity contribution in [2.24, 2.45) is 0 Å². The monoisotopic (exact) mass is 323 g/mol. The molecule has 0 saturated heterocycles. The standard InChI is InChI=1S/C16H21NO6/c1-16(22,15(20)21)10-17-14(19)5-3-4-13(18)11-6-8-12(23-2)9-7-11/h6-9,22H,3-5,10H2,1-2H3,(H,17,19)(H,20,21). The van der Waals surface area contributed by atoms with Crippen LogP contribution in [-0.4, -0.2) is 47.1 Å². The Morgan fingerprint density at radius 2 is 1.78 bits per heavy atom. The van der Waals surface area contributed by atoms with Crippen molar-refractivity contribution < 1.29 is 29.3 Å². The maximum Gasteiger partial charge on any atom is 0.337 e. The number of carboxylic acid groups (broad SMARTS) is 1. The maximum absolute atomic E-state index is 11.9. The lowest BCUT2D eigenvalue weighted by Gasteiger charge is -2.18. The number of ketones is 1. The molecule has 3 N–H and O–H groups in total. The van der Waals surface area contributed by atoms with Gasteiger partial charge >= 0.3 is 5.97 Å². The number of hydrogen-bond donors (Lipinski definition) is 3. The first-order valence-corrected chi connectivity index (χ1v) is 7.16. The van der Waals surface area contributed by atoms with Crippen molar-refractivity contribution in [3.05, 3.63) is 29.8 Å². The molecule has 7 heteroatoms. The molecule has 1 atom stereocenters. The molecule has 0 saturated carbocycles. The summed E-state index contributed by atoms with van der Waals surface area (Å²) in [4.78, 5) is 34.2. The van der Waals surface area contributed by atoms with Gasteiger partial charge in [0, 0.05) is 18.4 Å². The molecule has 126 valence electrons. The van der Waals surface area contributed by atoms with Crippen LogP contribution in [0.3, 0.4) is 0 Å². The highest BCUT2D eigenvalue weighted by Crippen LogP contribution is 2.13. The van der Waals surface area contributed by atoms with E-state index in [2.05, 4.69) is 5.32 Å². The Kier molecular flexibility index (Phi) is 6.71. The normalized spacial score (nSPS) is 13.0. The molecular weight excluding hydrogens is 302 g/mol. The predicted molar refractivity (Wildman–Crippen MR) is 82.4 cm³/mol. The highest BCUT2D eigenvalue weighted by Gasteiger charge is 2.30. The number of rotatable bonds is 9. The molecule has 0 spiro atoms. The summed E-state index contributed by atoms with van der Waals surface area (Å²) >= 11 is 0. The molecule has 0 aliphatic carbocycles. The number of ether oxygens (including phenoxy) is 1. The third-order valence-corrected chi connectivity index (χ3v) is 3.31. The van der Waals surface area contributed by atoms with E-state index in [9.17, 15) is 19.5 Å². The van der Waals surface area contributed by atoms with E-state index in [4.69, 9.17) is 9.84 Å². The van der Waals surface area contributed by atoms with E-state index in [1.165, 1.54) is 7.11 Å². The zero-order chi connectivity index (χ0) is 17.5. The highest BCUT2D eigenvalue weighted by atomic mass is 16.5. The summed E-state index contributed by atoms with van der Waals surface area (Å²) < 4.78 is 5.01. The number of methoxy groups -OCH3 is 1. The van der Waals surface area contributed by atoms with Crippen molar-refractivity contribution in [2.75, 3.05) is 13.7 Å². The first-order valence-electron chi connectivity index (χ1n) is 7.16.